The quantitative estimate of drug-likeness (QED) is 0.0529. The summed E-state index contributed by atoms with van der Waals surface area (Å²) in [6, 6.07) is 0. The van der Waals surface area contributed by atoms with Crippen LogP contribution >= 0.6 is 0 Å². The van der Waals surface area contributed by atoms with Gasteiger partial charge < -0.3 is 47.1 Å². The minimum atomic E-state index is -4.47. The molecule has 0 atom stereocenters. The normalized spacial score (nSPS) is 16.1. The molecule has 0 aromatic carbocycles. The molecule has 1 amide bonds. The molecular weight excluding hydrogens is 999 g/mol. The molecule has 0 spiro atoms. The van der Waals surface area contributed by atoms with Gasteiger partial charge in [0.25, 0.3) is 0 Å². The summed E-state index contributed by atoms with van der Waals surface area (Å²) in [5.74, 6) is -0.291. The third-order valence-electron chi connectivity index (χ3n) is 7.49. The van der Waals surface area contributed by atoms with E-state index >= 15 is 0 Å². The Morgan fingerprint density at radius 2 is 0.698 bits per heavy atom. The van der Waals surface area contributed by atoms with Crippen LogP contribution in [-0.4, -0.2) is 126 Å². The summed E-state index contributed by atoms with van der Waals surface area (Å²) in [7, 11) is -37.5. The fourth-order valence-electron chi connectivity index (χ4n) is 6.61. The van der Waals surface area contributed by atoms with Crippen LogP contribution in [0.3, 0.4) is 0 Å². The third-order valence-corrected chi connectivity index (χ3v) is 48.6. The summed E-state index contributed by atoms with van der Waals surface area (Å²) in [5.41, 5.74) is 0.302. The first-order valence-electron chi connectivity index (χ1n) is 22.7. The molecule has 1 N–H and O–H groups in total. The second kappa shape index (κ2) is 22.3. The maximum absolute atomic E-state index is 13.5. The van der Waals surface area contributed by atoms with Gasteiger partial charge in [0.15, 0.2) is 79.1 Å². The van der Waals surface area contributed by atoms with Gasteiger partial charge in [-0.15, -0.1) is 0 Å². The molecule has 0 aliphatic carbocycles. The topological polar surface area (TPSA) is 138 Å². The largest absolute Gasteiger partial charge is 0.485 e. The van der Waals surface area contributed by atoms with E-state index in [9.17, 15) is 9.59 Å². The lowest BCUT2D eigenvalue weighted by Gasteiger charge is -2.64. The maximum Gasteiger partial charge on any atom is 0.485 e. The van der Waals surface area contributed by atoms with E-state index in [2.05, 4.69) is 189 Å². The molecule has 0 saturated carbocycles. The van der Waals surface area contributed by atoms with Crippen molar-refractivity contribution >= 4 is 113 Å². The highest BCUT2D eigenvalue weighted by molar-refractivity contribution is 7.14. The Hall–Kier alpha value is 0.923. The Kier molecular flexibility index (Phi) is 22.7. The molecular formula is C38H97NO12Si12. The summed E-state index contributed by atoms with van der Waals surface area (Å²) < 4.78 is 76.5. The van der Waals surface area contributed by atoms with E-state index in [1.54, 1.807) is 6.92 Å². The number of rotatable bonds is 25. The van der Waals surface area contributed by atoms with Gasteiger partial charge in [0.2, 0.25) is 5.91 Å². The molecule has 0 aromatic rings. The summed E-state index contributed by atoms with van der Waals surface area (Å²) in [4.78, 5) is 23.7. The van der Waals surface area contributed by atoms with Gasteiger partial charge in [-0.05, 0) is 190 Å². The van der Waals surface area contributed by atoms with Crippen molar-refractivity contribution in [1.82, 2.24) is 5.32 Å². The minimum Gasteiger partial charge on any atom is -0.462 e. The zero-order valence-electron chi connectivity index (χ0n) is 45.6. The van der Waals surface area contributed by atoms with Crippen molar-refractivity contribution in [3.05, 3.63) is 12.2 Å². The SMILES string of the molecule is C=C(C)C(=O)OCCC([Si](O[Si](C)(C)C)(O[Si](C)(C)C)O[Si](C)(C)C)([Si](O[Si](C)(C)C)(O[Si](C)(C)C)O[Si](C)(C)C)[Si](O[Si](C)(C)C)(O[Si](C)(C)C)O[Si](C)(C)C.O=C1CCCN1. The van der Waals surface area contributed by atoms with Crippen LogP contribution in [0.2, 0.25) is 181 Å². The van der Waals surface area contributed by atoms with Gasteiger partial charge in [0, 0.05) is 25.0 Å². The molecule has 1 saturated heterocycles. The van der Waals surface area contributed by atoms with Gasteiger partial charge in [0.05, 0.1) is 6.61 Å². The summed E-state index contributed by atoms with van der Waals surface area (Å²) in [6.07, 6.45) is 1.87. The van der Waals surface area contributed by atoms with E-state index < -0.39 is 112 Å². The van der Waals surface area contributed by atoms with Crippen molar-refractivity contribution < 1.29 is 51.4 Å². The first kappa shape index (κ1) is 63.9. The van der Waals surface area contributed by atoms with Crippen molar-refractivity contribution in [1.29, 1.82) is 0 Å². The Morgan fingerprint density at radius 3 is 0.825 bits per heavy atom. The molecule has 1 heterocycles. The van der Waals surface area contributed by atoms with Crippen LogP contribution in [0.4, 0.5) is 0 Å². The molecule has 1 aliphatic rings. The number of amides is 1. The summed E-state index contributed by atoms with van der Waals surface area (Å²) >= 11 is 0. The zero-order chi connectivity index (χ0) is 50.5. The van der Waals surface area contributed by atoms with Gasteiger partial charge in [-0.2, -0.15) is 0 Å². The fraction of sp³-hybridized carbons (Fsp3) is 0.895. The molecule has 374 valence electrons. The van der Waals surface area contributed by atoms with Crippen LogP contribution in [-0.2, 0) is 51.4 Å². The van der Waals surface area contributed by atoms with Crippen molar-refractivity contribution in [2.24, 2.45) is 0 Å². The van der Waals surface area contributed by atoms with Crippen LogP contribution < -0.4 is 5.32 Å². The Labute approximate surface area is 399 Å². The van der Waals surface area contributed by atoms with E-state index in [0.717, 1.165) is 19.4 Å². The number of hydrogen-bond acceptors (Lipinski definition) is 12. The predicted molar refractivity (Wildman–Crippen MR) is 292 cm³/mol. The molecule has 0 radical (unpaired) electrons. The highest BCUT2D eigenvalue weighted by Gasteiger charge is 2.91. The lowest BCUT2D eigenvalue weighted by molar-refractivity contribution is -0.139. The number of carbonyl (C=O) groups excluding carboxylic acids is 2. The average Bonchev–Trinajstić information content (AvgIpc) is 3.37. The van der Waals surface area contributed by atoms with Gasteiger partial charge in [-0.1, -0.05) is 6.58 Å². The van der Waals surface area contributed by atoms with Gasteiger partial charge in [-0.25, -0.2) is 4.79 Å². The number of ether oxygens (including phenoxy) is 1. The molecule has 0 unspecified atom stereocenters. The molecule has 25 heteroatoms. The molecule has 0 aromatic heterocycles. The average molecular weight is 1100 g/mol. The second-order valence-corrected chi connectivity index (χ2v) is 78.4. The number of hydrogen-bond donors (Lipinski definition) is 1. The zero-order valence-corrected chi connectivity index (χ0v) is 57.6. The number of nitrogens with one attached hydrogen (secondary N) is 1. The fourth-order valence-corrected chi connectivity index (χ4v) is 60.8. The van der Waals surface area contributed by atoms with Crippen LogP contribution in [0.1, 0.15) is 26.2 Å². The van der Waals surface area contributed by atoms with Crippen molar-refractivity contribution in [2.75, 3.05) is 13.2 Å². The molecule has 13 nitrogen and oxygen atoms in total. The summed E-state index contributed by atoms with van der Waals surface area (Å²) in [5, 5.41) is 2.68. The monoisotopic (exact) mass is 1100 g/mol. The smallest absolute Gasteiger partial charge is 0.462 e. The van der Waals surface area contributed by atoms with E-state index in [1.165, 1.54) is 0 Å². The van der Waals surface area contributed by atoms with E-state index in [-0.39, 0.29) is 18.9 Å². The second-order valence-electron chi connectivity index (χ2n) is 25.6. The van der Waals surface area contributed by atoms with E-state index in [0.29, 0.717) is 5.57 Å². The van der Waals surface area contributed by atoms with Gasteiger partial charge >= 0.3 is 32.4 Å². The first-order valence-corrected chi connectivity index (χ1v) is 58.6. The van der Waals surface area contributed by atoms with Gasteiger partial charge in [-0.3, -0.25) is 4.79 Å². The molecule has 1 rings (SSSR count). The Morgan fingerprint density at radius 1 is 0.476 bits per heavy atom. The minimum absolute atomic E-state index is 0.0680. The van der Waals surface area contributed by atoms with Crippen LogP contribution in [0.25, 0.3) is 0 Å². The molecule has 1 fully saturated rings. The molecule has 0 bridgehead atoms. The van der Waals surface area contributed by atoms with Crippen molar-refractivity contribution in [2.45, 2.75) is 207 Å². The maximum atomic E-state index is 13.5. The Balaban J connectivity index is 0.00000585. The lowest BCUT2D eigenvalue weighted by atomic mass is 10.4. The van der Waals surface area contributed by atoms with Crippen molar-refractivity contribution in [3.8, 4) is 0 Å². The number of esters is 1. The van der Waals surface area contributed by atoms with Crippen LogP contribution in [0.15, 0.2) is 12.2 Å². The predicted octanol–water partition coefficient (Wildman–Crippen LogP) is 11.7. The van der Waals surface area contributed by atoms with E-state index in [1.807, 2.05) is 0 Å². The highest BCUT2D eigenvalue weighted by Crippen LogP contribution is 2.64. The highest BCUT2D eigenvalue weighted by atomic mass is 28.6. The van der Waals surface area contributed by atoms with Crippen LogP contribution in [0, 0.1) is 0 Å². The Bertz CT molecular complexity index is 1240. The third kappa shape index (κ3) is 23.4. The van der Waals surface area contributed by atoms with Crippen LogP contribution in [0.5, 0.6) is 0 Å². The standard InChI is InChI=1S/C34H90O11Si12.C4H7NO/c1-32(2)33(35)36-31-30-34(55(37-46(3,4)5,38-47(6,7)8)39-48(9,10)11,56(40-49(12,13)14,41-50(15,16)17)42-51(18,19)20)57(43-52(21,22)23,44-53(24,25)26)45-54(27,28)29;6-4-2-1-3-5-4/h1,30-31H2,2-29H3;1-3H2,(H,5,6). The lowest BCUT2D eigenvalue weighted by Crippen LogP contribution is -2.88. The van der Waals surface area contributed by atoms with Gasteiger partial charge in [0.1, 0.15) is 0 Å². The molecule has 1 aliphatic heterocycles. The first-order chi connectivity index (χ1) is 27.3. The van der Waals surface area contributed by atoms with Crippen molar-refractivity contribution in [3.63, 3.8) is 0 Å². The number of carbonyl (C=O) groups is 2. The molecule has 63 heavy (non-hydrogen) atoms. The van der Waals surface area contributed by atoms with E-state index in [4.69, 9.17) is 41.8 Å². The summed E-state index contributed by atoms with van der Waals surface area (Å²) in [6.45, 7) is 65.4.